The van der Waals surface area contributed by atoms with E-state index in [4.69, 9.17) is 0 Å². The largest absolute Gasteiger partial charge is 0.388 e. The topological polar surface area (TPSA) is 20.2 Å². The summed E-state index contributed by atoms with van der Waals surface area (Å²) in [7, 11) is 0. The Hall–Kier alpha value is -0.410. The molecule has 0 spiro atoms. The zero-order valence-electron chi connectivity index (χ0n) is 8.42. The van der Waals surface area contributed by atoms with Gasteiger partial charge in [-0.15, -0.1) is 0 Å². The third-order valence-electron chi connectivity index (χ3n) is 2.87. The van der Waals surface area contributed by atoms with Crippen molar-refractivity contribution in [3.63, 3.8) is 0 Å². The van der Waals surface area contributed by atoms with Gasteiger partial charge in [0.25, 0.3) is 0 Å². The number of hydrogen-bond acceptors (Lipinski definition) is 1. The lowest BCUT2D eigenvalue weighted by atomic mass is 10.0. The summed E-state index contributed by atoms with van der Waals surface area (Å²) in [6.45, 7) is 0. The number of hydrogen-bond donors (Lipinski definition) is 1. The molecule has 1 nitrogen and oxygen atoms in total. The van der Waals surface area contributed by atoms with Crippen LogP contribution in [-0.4, -0.2) is 5.11 Å². The molecular weight excluding hydrogens is 259 g/mol. The van der Waals surface area contributed by atoms with Crippen LogP contribution in [0.5, 0.6) is 0 Å². The second-order valence-corrected chi connectivity index (χ2v) is 5.12. The van der Waals surface area contributed by atoms with Crippen LogP contribution in [-0.2, 0) is 0 Å². The Morgan fingerprint density at radius 2 is 2.20 bits per heavy atom. The molecule has 82 valence electrons. The van der Waals surface area contributed by atoms with Crippen molar-refractivity contribution >= 4 is 15.9 Å². The lowest BCUT2D eigenvalue weighted by Gasteiger charge is -2.11. The third kappa shape index (κ3) is 3.02. The van der Waals surface area contributed by atoms with E-state index in [1.54, 1.807) is 12.1 Å². The first-order chi connectivity index (χ1) is 7.16. The maximum Gasteiger partial charge on any atom is 0.130 e. The Kier molecular flexibility index (Phi) is 3.42. The van der Waals surface area contributed by atoms with Crippen LogP contribution in [0.2, 0.25) is 0 Å². The molecule has 1 aliphatic carbocycles. The molecule has 0 amide bonds. The average Bonchev–Trinajstić information content (AvgIpc) is 2.97. The van der Waals surface area contributed by atoms with E-state index in [0.29, 0.717) is 16.5 Å². The number of benzene rings is 1. The van der Waals surface area contributed by atoms with Crippen LogP contribution in [0.3, 0.4) is 0 Å². The van der Waals surface area contributed by atoms with E-state index >= 15 is 0 Å². The zero-order valence-corrected chi connectivity index (χ0v) is 10.0. The molecule has 0 radical (unpaired) electrons. The Balaban J connectivity index is 1.99. The van der Waals surface area contributed by atoms with Crippen molar-refractivity contribution in [3.05, 3.63) is 34.1 Å². The molecule has 1 atom stereocenters. The van der Waals surface area contributed by atoms with Gasteiger partial charge in [-0.05, 0) is 30.9 Å². The Bertz CT molecular complexity index is 349. The molecule has 3 heteroatoms. The number of halogens is 2. The Morgan fingerprint density at radius 3 is 2.80 bits per heavy atom. The summed E-state index contributed by atoms with van der Waals surface area (Å²) in [5, 5.41) is 9.81. The van der Waals surface area contributed by atoms with Crippen molar-refractivity contribution in [1.82, 2.24) is 0 Å². The molecule has 0 saturated heterocycles. The van der Waals surface area contributed by atoms with Crippen LogP contribution >= 0.6 is 15.9 Å². The molecule has 1 aliphatic rings. The van der Waals surface area contributed by atoms with Crippen LogP contribution in [0.25, 0.3) is 0 Å². The van der Waals surface area contributed by atoms with Gasteiger partial charge in [0.2, 0.25) is 0 Å². The minimum absolute atomic E-state index is 0.326. The molecule has 1 saturated carbocycles. The van der Waals surface area contributed by atoms with Gasteiger partial charge in [-0.25, -0.2) is 4.39 Å². The normalized spacial score (nSPS) is 17.8. The van der Waals surface area contributed by atoms with Crippen molar-refractivity contribution in [1.29, 1.82) is 0 Å². The molecule has 0 heterocycles. The monoisotopic (exact) mass is 272 g/mol. The average molecular weight is 273 g/mol. The molecule has 15 heavy (non-hydrogen) atoms. The van der Waals surface area contributed by atoms with Gasteiger partial charge in [0, 0.05) is 10.0 Å². The molecule has 0 aliphatic heterocycles. The summed E-state index contributed by atoms with van der Waals surface area (Å²) in [5.74, 6) is 0.450. The van der Waals surface area contributed by atoms with Crippen LogP contribution in [0, 0.1) is 11.7 Å². The summed E-state index contributed by atoms with van der Waals surface area (Å²) in [4.78, 5) is 0. The highest BCUT2D eigenvalue weighted by Crippen LogP contribution is 2.36. The van der Waals surface area contributed by atoms with Crippen LogP contribution in [0.4, 0.5) is 4.39 Å². The summed E-state index contributed by atoms with van der Waals surface area (Å²) in [6.07, 6.45) is 3.57. The standard InChI is InChI=1S/C12H14BrFO/c13-9-4-5-10(11(14)7-9)12(15)6-3-8-1-2-8/h4-5,7-8,12,15H,1-3,6H2. The zero-order chi connectivity index (χ0) is 10.8. The van der Waals surface area contributed by atoms with E-state index < -0.39 is 6.10 Å². The van der Waals surface area contributed by atoms with E-state index in [-0.39, 0.29) is 5.82 Å². The second-order valence-electron chi connectivity index (χ2n) is 4.20. The summed E-state index contributed by atoms with van der Waals surface area (Å²) in [5.41, 5.74) is 0.416. The van der Waals surface area contributed by atoms with Gasteiger partial charge in [-0.3, -0.25) is 0 Å². The van der Waals surface area contributed by atoms with Gasteiger partial charge in [0.05, 0.1) is 6.10 Å². The molecular formula is C12H14BrFO. The fourth-order valence-corrected chi connectivity index (χ4v) is 2.06. The van der Waals surface area contributed by atoms with E-state index in [1.807, 2.05) is 0 Å². The van der Waals surface area contributed by atoms with Gasteiger partial charge in [0.15, 0.2) is 0 Å². The number of rotatable bonds is 4. The smallest absolute Gasteiger partial charge is 0.130 e. The first kappa shape index (κ1) is 11.1. The predicted molar refractivity (Wildman–Crippen MR) is 61.0 cm³/mol. The van der Waals surface area contributed by atoms with Crippen molar-refractivity contribution in [2.24, 2.45) is 5.92 Å². The maximum atomic E-state index is 13.5. The number of aliphatic hydroxyl groups is 1. The molecule has 1 fully saturated rings. The van der Waals surface area contributed by atoms with Crippen LogP contribution in [0.15, 0.2) is 22.7 Å². The molecule has 2 rings (SSSR count). The predicted octanol–water partition coefficient (Wildman–Crippen LogP) is 3.81. The second kappa shape index (κ2) is 4.62. The molecule has 1 aromatic rings. The SMILES string of the molecule is OC(CCC1CC1)c1ccc(Br)cc1F. The summed E-state index contributed by atoms with van der Waals surface area (Å²) in [6, 6.07) is 4.81. The fourth-order valence-electron chi connectivity index (χ4n) is 1.73. The summed E-state index contributed by atoms with van der Waals surface area (Å²) < 4.78 is 14.2. The Morgan fingerprint density at radius 1 is 1.47 bits per heavy atom. The van der Waals surface area contributed by atoms with Gasteiger partial charge < -0.3 is 5.11 Å². The van der Waals surface area contributed by atoms with E-state index in [0.717, 1.165) is 12.3 Å². The van der Waals surface area contributed by atoms with Gasteiger partial charge in [-0.2, -0.15) is 0 Å². The lowest BCUT2D eigenvalue weighted by Crippen LogP contribution is -2.01. The van der Waals surface area contributed by atoms with Crippen LogP contribution < -0.4 is 0 Å². The minimum Gasteiger partial charge on any atom is -0.388 e. The van der Waals surface area contributed by atoms with Crippen molar-refractivity contribution < 1.29 is 9.50 Å². The molecule has 0 bridgehead atoms. The lowest BCUT2D eigenvalue weighted by molar-refractivity contribution is 0.158. The highest BCUT2D eigenvalue weighted by atomic mass is 79.9. The summed E-state index contributed by atoms with van der Waals surface area (Å²) >= 11 is 3.20. The Labute approximate surface area is 97.4 Å². The van der Waals surface area contributed by atoms with E-state index in [1.165, 1.54) is 18.9 Å². The first-order valence-electron chi connectivity index (χ1n) is 5.30. The van der Waals surface area contributed by atoms with Gasteiger partial charge >= 0.3 is 0 Å². The number of aliphatic hydroxyl groups excluding tert-OH is 1. The quantitative estimate of drug-likeness (QED) is 0.884. The highest BCUT2D eigenvalue weighted by Gasteiger charge is 2.23. The van der Waals surface area contributed by atoms with Gasteiger partial charge in [-0.1, -0.05) is 34.8 Å². The molecule has 0 aromatic heterocycles. The fraction of sp³-hybridized carbons (Fsp3) is 0.500. The maximum absolute atomic E-state index is 13.5. The van der Waals surface area contributed by atoms with E-state index in [9.17, 15) is 9.50 Å². The van der Waals surface area contributed by atoms with Crippen LogP contribution in [0.1, 0.15) is 37.4 Å². The minimum atomic E-state index is -0.654. The van der Waals surface area contributed by atoms with Crippen molar-refractivity contribution in [2.75, 3.05) is 0 Å². The third-order valence-corrected chi connectivity index (χ3v) is 3.36. The first-order valence-corrected chi connectivity index (χ1v) is 6.09. The molecule has 1 aromatic carbocycles. The van der Waals surface area contributed by atoms with Gasteiger partial charge in [0.1, 0.15) is 5.82 Å². The van der Waals surface area contributed by atoms with E-state index in [2.05, 4.69) is 15.9 Å². The van der Waals surface area contributed by atoms with Crippen molar-refractivity contribution in [2.45, 2.75) is 31.8 Å². The molecule has 1 unspecified atom stereocenters. The molecule has 1 N–H and O–H groups in total. The van der Waals surface area contributed by atoms with Crippen molar-refractivity contribution in [3.8, 4) is 0 Å². The highest BCUT2D eigenvalue weighted by molar-refractivity contribution is 9.10.